The van der Waals surface area contributed by atoms with Crippen molar-refractivity contribution in [2.45, 2.75) is 19.4 Å². The van der Waals surface area contributed by atoms with Crippen LogP contribution < -0.4 is 51.4 Å². The average Bonchev–Trinajstić information content (AvgIpc) is 2.27. The summed E-state index contributed by atoms with van der Waals surface area (Å²) in [4.78, 5) is 11.7. The second-order valence-corrected chi connectivity index (χ2v) is 3.75. The van der Waals surface area contributed by atoms with E-state index in [1.807, 2.05) is 0 Å². The van der Waals surface area contributed by atoms with Gasteiger partial charge in [-0.1, -0.05) is 6.92 Å². The number of carbonyl (C=O) groups is 1. The second-order valence-electron chi connectivity index (χ2n) is 3.75. The topological polar surface area (TPSA) is 40.5 Å². The van der Waals surface area contributed by atoms with Gasteiger partial charge in [-0.15, -0.1) is 0 Å². The van der Waals surface area contributed by atoms with Gasteiger partial charge in [-0.3, -0.25) is 4.79 Å². The summed E-state index contributed by atoms with van der Waals surface area (Å²) in [6, 6.07) is -0.974. The quantitative estimate of drug-likeness (QED) is 0.598. The Balaban J connectivity index is 0.00000196. The van der Waals surface area contributed by atoms with Gasteiger partial charge in [0.15, 0.2) is 0 Å². The van der Waals surface area contributed by atoms with Crippen molar-refractivity contribution >= 4 is 12.9 Å². The molecule has 3 nitrogen and oxygen atoms in total. The molecule has 82 valence electrons. The van der Waals surface area contributed by atoms with E-state index in [9.17, 15) is 17.7 Å². The van der Waals surface area contributed by atoms with E-state index in [2.05, 4.69) is 0 Å². The van der Waals surface area contributed by atoms with Crippen LogP contribution >= 0.6 is 0 Å². The molecule has 0 aromatic heterocycles. The monoisotopic (exact) mass is 249 g/mol. The van der Waals surface area contributed by atoms with Crippen molar-refractivity contribution in [1.82, 2.24) is 4.90 Å². The molecule has 0 spiro atoms. The van der Waals surface area contributed by atoms with E-state index in [4.69, 9.17) is 5.11 Å². The molecule has 1 N–H and O–H groups in total. The van der Waals surface area contributed by atoms with E-state index >= 15 is 0 Å². The van der Waals surface area contributed by atoms with E-state index in [0.717, 1.165) is 4.90 Å². The summed E-state index contributed by atoms with van der Waals surface area (Å²) in [5, 5.41) is 8.75. The molecular formula is C7H12BF3KNO2. The fourth-order valence-corrected chi connectivity index (χ4v) is 1.90. The summed E-state index contributed by atoms with van der Waals surface area (Å²) in [5.41, 5.74) is 0. The van der Waals surface area contributed by atoms with Crippen LogP contribution in [0.1, 0.15) is 13.3 Å². The number of halogens is 3. The van der Waals surface area contributed by atoms with Crippen molar-refractivity contribution in [3.8, 4) is 0 Å². The summed E-state index contributed by atoms with van der Waals surface area (Å²) < 4.78 is 36.3. The Morgan fingerprint density at radius 1 is 1.53 bits per heavy atom. The molecule has 1 fully saturated rings. The molecule has 1 aliphatic rings. The van der Waals surface area contributed by atoms with Crippen LogP contribution in [0.25, 0.3) is 0 Å². The number of nitrogens with zero attached hydrogens (tertiary/aromatic N) is 1. The number of likely N-dealkylation sites (tertiary alicyclic amines) is 1. The molecule has 0 unspecified atom stereocenters. The Labute approximate surface area is 129 Å². The van der Waals surface area contributed by atoms with Gasteiger partial charge in [0.2, 0.25) is 0 Å². The van der Waals surface area contributed by atoms with Crippen LogP contribution in [0.4, 0.5) is 12.9 Å². The van der Waals surface area contributed by atoms with Gasteiger partial charge >= 0.3 is 64.3 Å². The summed E-state index contributed by atoms with van der Waals surface area (Å²) in [6.07, 6.45) is -0.551. The van der Waals surface area contributed by atoms with Crippen LogP contribution in [0.2, 0.25) is 0 Å². The van der Waals surface area contributed by atoms with E-state index in [-0.39, 0.29) is 63.8 Å². The van der Waals surface area contributed by atoms with Gasteiger partial charge in [0.05, 0.1) is 0 Å². The first-order valence-electron chi connectivity index (χ1n) is 4.49. The van der Waals surface area contributed by atoms with Gasteiger partial charge in [-0.05, 0) is 25.3 Å². The van der Waals surface area contributed by atoms with Crippen molar-refractivity contribution in [2.24, 2.45) is 5.92 Å². The molecule has 0 aliphatic carbocycles. The van der Waals surface area contributed by atoms with E-state index in [1.165, 1.54) is 0 Å². The summed E-state index contributed by atoms with van der Waals surface area (Å²) >= 11 is 0. The number of carboxylic acids is 1. The summed E-state index contributed by atoms with van der Waals surface area (Å²) in [6.45, 7) is -3.04. The Morgan fingerprint density at radius 3 is 2.47 bits per heavy atom. The van der Waals surface area contributed by atoms with Gasteiger partial charge in [0, 0.05) is 0 Å². The van der Waals surface area contributed by atoms with E-state index in [1.54, 1.807) is 6.92 Å². The fourth-order valence-electron chi connectivity index (χ4n) is 1.90. The maximum atomic E-state index is 12.1. The molecule has 8 heteroatoms. The minimum absolute atomic E-state index is 0. The average molecular weight is 249 g/mol. The standard InChI is InChI=1S/C7H12BF3NO2.K/c1-5-2-3-12(4-8(9,10)11)6(5)7(13)14;/h5-6H,2-4H2,1H3,(H,13,14);/q-1;+1/t5-,6-;/m0./s1. The fraction of sp³-hybridized carbons (Fsp3) is 0.857. The number of rotatable bonds is 3. The molecule has 15 heavy (non-hydrogen) atoms. The molecule has 0 radical (unpaired) electrons. The van der Waals surface area contributed by atoms with Crippen LogP contribution in [0.15, 0.2) is 0 Å². The second kappa shape index (κ2) is 6.02. The normalized spacial score (nSPS) is 27.5. The Morgan fingerprint density at radius 2 is 2.07 bits per heavy atom. The first-order chi connectivity index (χ1) is 6.31. The first kappa shape index (κ1) is 15.9. The zero-order valence-corrected chi connectivity index (χ0v) is 11.9. The molecule has 2 atom stereocenters. The van der Waals surface area contributed by atoms with Gasteiger partial charge in [0.25, 0.3) is 0 Å². The number of carboxylic acid groups (broad SMARTS) is 1. The van der Waals surface area contributed by atoms with Gasteiger partial charge in [-0.2, -0.15) is 0 Å². The molecule has 0 bridgehead atoms. The van der Waals surface area contributed by atoms with E-state index < -0.39 is 25.4 Å². The molecule has 0 aromatic carbocycles. The maximum absolute atomic E-state index is 12.1. The van der Waals surface area contributed by atoms with Crippen LogP contribution in [-0.4, -0.2) is 42.0 Å². The van der Waals surface area contributed by atoms with E-state index in [0.29, 0.717) is 6.42 Å². The zero-order valence-electron chi connectivity index (χ0n) is 8.79. The summed E-state index contributed by atoms with van der Waals surface area (Å²) in [5.74, 6) is -1.36. The van der Waals surface area contributed by atoms with Crippen molar-refractivity contribution in [3.05, 3.63) is 0 Å². The minimum atomic E-state index is -4.93. The molecule has 0 aromatic rings. The minimum Gasteiger partial charge on any atom is -0.480 e. The predicted molar refractivity (Wildman–Crippen MR) is 45.9 cm³/mol. The van der Waals surface area contributed by atoms with Crippen molar-refractivity contribution in [3.63, 3.8) is 0 Å². The molecule has 1 heterocycles. The Hall–Kier alpha value is 0.921. The van der Waals surface area contributed by atoms with Gasteiger partial charge in [0.1, 0.15) is 6.04 Å². The number of hydrogen-bond donors (Lipinski definition) is 1. The molecule has 0 amide bonds. The number of hydrogen-bond acceptors (Lipinski definition) is 2. The Bertz CT molecular complexity index is 239. The molecule has 1 rings (SSSR count). The summed E-state index contributed by atoms with van der Waals surface area (Å²) in [7, 11) is 0. The third-order valence-electron chi connectivity index (χ3n) is 2.50. The van der Waals surface area contributed by atoms with Crippen LogP contribution in [0.3, 0.4) is 0 Å². The molecule has 1 saturated heterocycles. The largest absolute Gasteiger partial charge is 1.00 e. The first-order valence-corrected chi connectivity index (χ1v) is 4.49. The predicted octanol–water partition coefficient (Wildman–Crippen LogP) is -1.83. The van der Waals surface area contributed by atoms with Crippen LogP contribution in [0.5, 0.6) is 0 Å². The zero-order chi connectivity index (χ0) is 10.9. The SMILES string of the molecule is C[C@H]1CCN(C[B-](F)(F)F)[C@@H]1C(=O)O.[K+]. The maximum Gasteiger partial charge on any atom is 1.00 e. The van der Waals surface area contributed by atoms with Gasteiger partial charge < -0.3 is 23.0 Å². The molecule has 0 saturated carbocycles. The smallest absolute Gasteiger partial charge is 0.480 e. The van der Waals surface area contributed by atoms with Crippen molar-refractivity contribution in [1.29, 1.82) is 0 Å². The van der Waals surface area contributed by atoms with Gasteiger partial charge in [-0.25, -0.2) is 0 Å². The van der Waals surface area contributed by atoms with Crippen LogP contribution in [-0.2, 0) is 4.79 Å². The Kier molecular flexibility index (Phi) is 6.39. The third-order valence-corrected chi connectivity index (χ3v) is 2.50. The molecule has 1 aliphatic heterocycles. The van der Waals surface area contributed by atoms with Crippen LogP contribution in [0, 0.1) is 5.92 Å². The molecular weight excluding hydrogens is 237 g/mol. The third kappa shape index (κ3) is 4.74. The van der Waals surface area contributed by atoms with Crippen molar-refractivity contribution in [2.75, 3.05) is 13.0 Å². The number of aliphatic carboxylic acids is 1. The van der Waals surface area contributed by atoms with Crippen molar-refractivity contribution < 1.29 is 74.2 Å².